The van der Waals surface area contributed by atoms with Gasteiger partial charge in [0.25, 0.3) is 0 Å². The van der Waals surface area contributed by atoms with E-state index in [-0.39, 0.29) is 36.3 Å². The van der Waals surface area contributed by atoms with Crippen molar-refractivity contribution in [2.45, 2.75) is 24.7 Å². The minimum Gasteiger partial charge on any atom is -0.454 e. The molecule has 0 spiro atoms. The number of fused-ring (bicyclic) bond motifs is 1. The Bertz CT molecular complexity index is 971. The lowest BCUT2D eigenvalue weighted by Crippen LogP contribution is -2.37. The van der Waals surface area contributed by atoms with E-state index in [1.54, 1.807) is 35.2 Å². The highest BCUT2D eigenvalue weighted by Gasteiger charge is 2.45. The first-order valence-electron chi connectivity index (χ1n) is 9.78. The first kappa shape index (κ1) is 18.0. The third-order valence-electron chi connectivity index (χ3n) is 6.07. The summed E-state index contributed by atoms with van der Waals surface area (Å²) in [6.45, 7) is 1.02. The van der Waals surface area contributed by atoms with Gasteiger partial charge in [0.2, 0.25) is 18.6 Å². The largest absolute Gasteiger partial charge is 0.454 e. The van der Waals surface area contributed by atoms with Crippen LogP contribution in [-0.2, 0) is 15.0 Å². The van der Waals surface area contributed by atoms with Gasteiger partial charge in [0.1, 0.15) is 5.82 Å². The topological polar surface area (TPSA) is 67.9 Å². The summed E-state index contributed by atoms with van der Waals surface area (Å²) in [5.74, 6) is 0.417. The van der Waals surface area contributed by atoms with Crippen LogP contribution in [0.1, 0.15) is 24.8 Å². The number of amides is 2. The highest BCUT2D eigenvalue weighted by molar-refractivity contribution is 6.00. The van der Waals surface area contributed by atoms with Gasteiger partial charge in [0.15, 0.2) is 11.5 Å². The standard InChI is InChI=1S/C22H21FN2O4/c23-16-3-1-15(2-4-16)22(7-8-22)12-24-21(27)14-9-20(26)25(11-14)17-5-6-18-19(10-17)29-13-28-18/h1-6,10,14H,7-9,11-13H2,(H,24,27). The molecule has 2 amide bonds. The van der Waals surface area contributed by atoms with Crippen molar-refractivity contribution >= 4 is 17.5 Å². The molecular formula is C22H21FN2O4. The fourth-order valence-corrected chi connectivity index (χ4v) is 4.11. The SMILES string of the molecule is O=C(NCC1(c2ccc(F)cc2)CC1)C1CC(=O)N(c2ccc3c(c2)OCO3)C1. The Hall–Kier alpha value is -3.09. The van der Waals surface area contributed by atoms with Crippen LogP contribution >= 0.6 is 0 Å². The average molecular weight is 396 g/mol. The second-order valence-corrected chi connectivity index (χ2v) is 7.95. The Morgan fingerprint density at radius 3 is 2.66 bits per heavy atom. The van der Waals surface area contributed by atoms with Gasteiger partial charge in [-0.15, -0.1) is 0 Å². The predicted molar refractivity (Wildman–Crippen MR) is 103 cm³/mol. The van der Waals surface area contributed by atoms with Gasteiger partial charge in [-0.05, 0) is 42.7 Å². The Morgan fingerprint density at radius 1 is 1.14 bits per heavy atom. The van der Waals surface area contributed by atoms with E-state index in [0.29, 0.717) is 30.3 Å². The zero-order valence-corrected chi connectivity index (χ0v) is 15.8. The quantitative estimate of drug-likeness (QED) is 0.844. The molecule has 2 aromatic carbocycles. The van der Waals surface area contributed by atoms with E-state index in [2.05, 4.69) is 5.32 Å². The zero-order valence-electron chi connectivity index (χ0n) is 15.8. The molecule has 3 aliphatic rings. The van der Waals surface area contributed by atoms with Crippen molar-refractivity contribution in [2.24, 2.45) is 5.92 Å². The normalized spacial score (nSPS) is 21.3. The molecule has 0 radical (unpaired) electrons. The van der Waals surface area contributed by atoms with Crippen molar-refractivity contribution in [1.82, 2.24) is 5.32 Å². The summed E-state index contributed by atoms with van der Waals surface area (Å²) in [7, 11) is 0. The summed E-state index contributed by atoms with van der Waals surface area (Å²) in [6, 6.07) is 11.8. The summed E-state index contributed by atoms with van der Waals surface area (Å²) in [6.07, 6.45) is 2.11. The van der Waals surface area contributed by atoms with E-state index < -0.39 is 5.92 Å². The maximum Gasteiger partial charge on any atom is 0.231 e. The number of ether oxygens (including phenoxy) is 2. The van der Waals surface area contributed by atoms with E-state index in [1.165, 1.54) is 12.1 Å². The lowest BCUT2D eigenvalue weighted by atomic mass is 9.95. The molecule has 1 N–H and O–H groups in total. The smallest absolute Gasteiger partial charge is 0.231 e. The molecule has 7 heteroatoms. The molecule has 1 saturated carbocycles. The fourth-order valence-electron chi connectivity index (χ4n) is 4.11. The van der Waals surface area contributed by atoms with Crippen molar-refractivity contribution in [3.8, 4) is 11.5 Å². The van der Waals surface area contributed by atoms with E-state index >= 15 is 0 Å². The van der Waals surface area contributed by atoms with Crippen LogP contribution in [0.2, 0.25) is 0 Å². The van der Waals surface area contributed by atoms with E-state index in [4.69, 9.17) is 9.47 Å². The average Bonchev–Trinajstić information content (AvgIpc) is 3.18. The maximum absolute atomic E-state index is 13.2. The summed E-state index contributed by atoms with van der Waals surface area (Å²) in [5, 5.41) is 3.02. The van der Waals surface area contributed by atoms with Gasteiger partial charge < -0.3 is 19.7 Å². The Balaban J connectivity index is 1.22. The van der Waals surface area contributed by atoms with Crippen molar-refractivity contribution in [1.29, 1.82) is 0 Å². The summed E-state index contributed by atoms with van der Waals surface area (Å²) in [4.78, 5) is 26.8. The number of rotatable bonds is 5. The first-order chi connectivity index (χ1) is 14.0. The molecule has 150 valence electrons. The van der Waals surface area contributed by atoms with Gasteiger partial charge >= 0.3 is 0 Å². The third kappa shape index (κ3) is 3.30. The Kier molecular flexibility index (Phi) is 4.19. The molecule has 2 fully saturated rings. The fraction of sp³-hybridized carbons (Fsp3) is 0.364. The summed E-state index contributed by atoms with van der Waals surface area (Å²) >= 11 is 0. The second kappa shape index (κ2) is 6.76. The van der Waals surface area contributed by atoms with Crippen LogP contribution in [0, 0.1) is 11.7 Å². The van der Waals surface area contributed by atoms with Gasteiger partial charge in [-0.2, -0.15) is 0 Å². The third-order valence-corrected chi connectivity index (χ3v) is 6.07. The number of carbonyl (C=O) groups is 2. The molecule has 1 saturated heterocycles. The van der Waals surface area contributed by atoms with Crippen molar-refractivity contribution in [2.75, 3.05) is 24.8 Å². The van der Waals surface area contributed by atoms with Crippen LogP contribution in [0.3, 0.4) is 0 Å². The predicted octanol–water partition coefficient (Wildman–Crippen LogP) is 2.76. The highest BCUT2D eigenvalue weighted by Crippen LogP contribution is 2.47. The van der Waals surface area contributed by atoms with Crippen LogP contribution in [0.4, 0.5) is 10.1 Å². The van der Waals surface area contributed by atoms with Gasteiger partial charge in [0.05, 0.1) is 5.92 Å². The number of carbonyl (C=O) groups excluding carboxylic acids is 2. The molecule has 2 heterocycles. The molecule has 1 aliphatic carbocycles. The molecule has 2 aromatic rings. The molecular weight excluding hydrogens is 375 g/mol. The Labute approximate surface area is 167 Å². The van der Waals surface area contributed by atoms with Crippen LogP contribution in [0.15, 0.2) is 42.5 Å². The number of halogens is 1. The number of hydrogen-bond donors (Lipinski definition) is 1. The van der Waals surface area contributed by atoms with Gasteiger partial charge in [0, 0.05) is 36.7 Å². The maximum atomic E-state index is 13.2. The minimum absolute atomic E-state index is 0.0799. The first-order valence-corrected chi connectivity index (χ1v) is 9.78. The number of benzene rings is 2. The van der Waals surface area contributed by atoms with Crippen LogP contribution in [0.25, 0.3) is 0 Å². The van der Waals surface area contributed by atoms with E-state index in [9.17, 15) is 14.0 Å². The van der Waals surface area contributed by atoms with Crippen LogP contribution in [0.5, 0.6) is 11.5 Å². The number of nitrogens with one attached hydrogen (secondary N) is 1. The summed E-state index contributed by atoms with van der Waals surface area (Å²) < 4.78 is 23.9. The molecule has 5 rings (SSSR count). The van der Waals surface area contributed by atoms with Crippen molar-refractivity contribution in [3.63, 3.8) is 0 Å². The molecule has 1 unspecified atom stereocenters. The minimum atomic E-state index is -0.392. The lowest BCUT2D eigenvalue weighted by molar-refractivity contribution is -0.126. The van der Waals surface area contributed by atoms with Crippen LogP contribution < -0.4 is 19.7 Å². The van der Waals surface area contributed by atoms with E-state index in [1.807, 2.05) is 0 Å². The molecule has 0 aromatic heterocycles. The number of hydrogen-bond acceptors (Lipinski definition) is 4. The monoisotopic (exact) mass is 396 g/mol. The van der Waals surface area contributed by atoms with Gasteiger partial charge in [-0.25, -0.2) is 4.39 Å². The highest BCUT2D eigenvalue weighted by atomic mass is 19.1. The number of anilines is 1. The molecule has 6 nitrogen and oxygen atoms in total. The molecule has 1 atom stereocenters. The van der Waals surface area contributed by atoms with E-state index in [0.717, 1.165) is 18.4 Å². The summed E-state index contributed by atoms with van der Waals surface area (Å²) in [5.41, 5.74) is 1.64. The zero-order chi connectivity index (χ0) is 20.0. The van der Waals surface area contributed by atoms with Gasteiger partial charge in [-0.3, -0.25) is 9.59 Å². The van der Waals surface area contributed by atoms with Gasteiger partial charge in [-0.1, -0.05) is 12.1 Å². The van der Waals surface area contributed by atoms with Crippen molar-refractivity contribution in [3.05, 3.63) is 53.8 Å². The van der Waals surface area contributed by atoms with Crippen LogP contribution in [-0.4, -0.2) is 31.7 Å². The molecule has 2 aliphatic heterocycles. The molecule has 29 heavy (non-hydrogen) atoms. The number of nitrogens with zero attached hydrogens (tertiary/aromatic N) is 1. The Morgan fingerprint density at radius 2 is 1.90 bits per heavy atom. The lowest BCUT2D eigenvalue weighted by Gasteiger charge is -2.19. The second-order valence-electron chi connectivity index (χ2n) is 7.95. The van der Waals surface area contributed by atoms with Crippen molar-refractivity contribution < 1.29 is 23.5 Å². The molecule has 0 bridgehead atoms.